The molecule has 1 aliphatic heterocycles. The molecule has 0 aliphatic carbocycles. The van der Waals surface area contributed by atoms with Gasteiger partial charge in [0.15, 0.2) is 5.78 Å². The zero-order valence-corrected chi connectivity index (χ0v) is 18.4. The summed E-state index contributed by atoms with van der Waals surface area (Å²) < 4.78 is 43.3. The number of halogens is 3. The molecule has 174 valence electrons. The number of ketones is 1. The summed E-state index contributed by atoms with van der Waals surface area (Å²) in [4.78, 5) is 36.0. The average Bonchev–Trinajstić information content (AvgIpc) is 2.88. The molecule has 0 saturated carbocycles. The fraction of sp³-hybridized carbons (Fsp3) is 0.500. The first kappa shape index (κ1) is 23.8. The summed E-state index contributed by atoms with van der Waals surface area (Å²) in [5.41, 5.74) is 1.22. The third kappa shape index (κ3) is 5.29. The number of aryl methyl sites for hydroxylation is 1. The van der Waals surface area contributed by atoms with Gasteiger partial charge in [0, 0.05) is 43.6 Å². The highest BCUT2D eigenvalue weighted by atomic mass is 19.4. The normalized spacial score (nSPS) is 15.5. The van der Waals surface area contributed by atoms with Crippen molar-refractivity contribution < 1.29 is 27.5 Å². The number of nitrogens with zero attached hydrogens (tertiary/aromatic N) is 3. The van der Waals surface area contributed by atoms with Gasteiger partial charge in [-0.1, -0.05) is 0 Å². The minimum atomic E-state index is -4.41. The summed E-state index contributed by atoms with van der Waals surface area (Å²) in [6, 6.07) is 2.42. The SMILES string of the molecule is CCOC(=O)c1[nH]c(C)c(C(=O)CN2CCCN(c3ccc(C(F)(F)F)cn3)CC2)c1C. The van der Waals surface area contributed by atoms with E-state index < -0.39 is 17.7 Å². The lowest BCUT2D eigenvalue weighted by Crippen LogP contribution is -2.34. The van der Waals surface area contributed by atoms with Crippen molar-refractivity contribution in [3.63, 3.8) is 0 Å². The number of pyridine rings is 1. The van der Waals surface area contributed by atoms with Gasteiger partial charge in [0.25, 0.3) is 0 Å². The number of nitrogens with one attached hydrogen (secondary N) is 1. The van der Waals surface area contributed by atoms with Crippen LogP contribution in [-0.4, -0.2) is 66.0 Å². The Bertz CT molecular complexity index is 970. The highest BCUT2D eigenvalue weighted by Gasteiger charge is 2.31. The van der Waals surface area contributed by atoms with E-state index in [9.17, 15) is 22.8 Å². The number of alkyl halides is 3. The molecule has 3 heterocycles. The maximum atomic E-state index is 13.0. The Morgan fingerprint density at radius 1 is 1.16 bits per heavy atom. The van der Waals surface area contributed by atoms with Gasteiger partial charge in [-0.05, 0) is 44.9 Å². The summed E-state index contributed by atoms with van der Waals surface area (Å²) in [6.07, 6.45) is -2.82. The predicted octanol–water partition coefficient (Wildman–Crippen LogP) is 3.62. The number of aromatic amines is 1. The number of carbonyl (C=O) groups excluding carboxylic acids is 2. The minimum absolute atomic E-state index is 0.0899. The Morgan fingerprint density at radius 2 is 1.91 bits per heavy atom. The molecule has 2 aromatic rings. The van der Waals surface area contributed by atoms with E-state index in [0.717, 1.165) is 18.7 Å². The third-order valence-electron chi connectivity index (χ3n) is 5.55. The van der Waals surface area contributed by atoms with E-state index in [0.29, 0.717) is 54.5 Å². The number of hydrogen-bond donors (Lipinski definition) is 1. The van der Waals surface area contributed by atoms with Crippen LogP contribution >= 0.6 is 0 Å². The highest BCUT2D eigenvalue weighted by molar-refractivity contribution is 6.03. The van der Waals surface area contributed by atoms with Crippen molar-refractivity contribution in [1.29, 1.82) is 0 Å². The van der Waals surface area contributed by atoms with E-state index >= 15 is 0 Å². The molecule has 0 radical (unpaired) electrons. The molecule has 1 fully saturated rings. The second kappa shape index (κ2) is 9.72. The summed E-state index contributed by atoms with van der Waals surface area (Å²) in [5.74, 6) is -0.0860. The lowest BCUT2D eigenvalue weighted by molar-refractivity contribution is -0.137. The van der Waals surface area contributed by atoms with Crippen LogP contribution in [0.2, 0.25) is 0 Å². The number of Topliss-reactive ketones (excluding diaryl/α,β-unsaturated/α-hetero) is 1. The van der Waals surface area contributed by atoms with Crippen molar-refractivity contribution in [3.05, 3.63) is 46.4 Å². The third-order valence-corrected chi connectivity index (χ3v) is 5.55. The molecule has 1 aliphatic rings. The Labute approximate surface area is 184 Å². The molecule has 0 atom stereocenters. The van der Waals surface area contributed by atoms with Crippen molar-refractivity contribution in [1.82, 2.24) is 14.9 Å². The Balaban J connectivity index is 1.64. The van der Waals surface area contributed by atoms with Crippen molar-refractivity contribution in [2.45, 2.75) is 33.4 Å². The number of hydrogen-bond acceptors (Lipinski definition) is 6. The van der Waals surface area contributed by atoms with Crippen LogP contribution in [0.25, 0.3) is 0 Å². The second-order valence-electron chi connectivity index (χ2n) is 7.79. The Hall–Kier alpha value is -2.88. The lowest BCUT2D eigenvalue weighted by Gasteiger charge is -2.22. The van der Waals surface area contributed by atoms with E-state index in [1.165, 1.54) is 6.07 Å². The summed E-state index contributed by atoms with van der Waals surface area (Å²) in [5, 5.41) is 0. The van der Waals surface area contributed by atoms with Gasteiger partial charge in [0.05, 0.1) is 18.7 Å². The predicted molar refractivity (Wildman–Crippen MR) is 113 cm³/mol. The fourth-order valence-corrected chi connectivity index (χ4v) is 3.96. The Morgan fingerprint density at radius 3 is 2.53 bits per heavy atom. The van der Waals surface area contributed by atoms with Crippen molar-refractivity contribution in [2.24, 2.45) is 0 Å². The molecule has 10 heteroatoms. The first-order valence-electron chi connectivity index (χ1n) is 10.5. The molecular weight excluding hydrogens is 425 g/mol. The molecule has 7 nitrogen and oxygen atoms in total. The zero-order chi connectivity index (χ0) is 23.5. The van der Waals surface area contributed by atoms with E-state index in [1.807, 2.05) is 9.80 Å². The quantitative estimate of drug-likeness (QED) is 0.533. The molecule has 1 saturated heterocycles. The molecule has 2 aromatic heterocycles. The lowest BCUT2D eigenvalue weighted by atomic mass is 10.1. The number of esters is 1. The molecule has 0 spiro atoms. The molecule has 3 rings (SSSR count). The molecule has 0 amide bonds. The van der Waals surface area contributed by atoms with Crippen LogP contribution in [0.3, 0.4) is 0 Å². The second-order valence-corrected chi connectivity index (χ2v) is 7.79. The van der Waals surface area contributed by atoms with E-state index in [-0.39, 0.29) is 18.9 Å². The van der Waals surface area contributed by atoms with Crippen LogP contribution in [0.15, 0.2) is 18.3 Å². The van der Waals surface area contributed by atoms with Crippen LogP contribution in [0, 0.1) is 13.8 Å². The maximum Gasteiger partial charge on any atom is 0.417 e. The highest BCUT2D eigenvalue weighted by Crippen LogP contribution is 2.29. The van der Waals surface area contributed by atoms with Crippen LogP contribution in [0.1, 0.15) is 51.0 Å². The van der Waals surface area contributed by atoms with Crippen molar-refractivity contribution >= 4 is 17.6 Å². The van der Waals surface area contributed by atoms with Crippen molar-refractivity contribution in [2.75, 3.05) is 44.2 Å². The van der Waals surface area contributed by atoms with Gasteiger partial charge in [-0.3, -0.25) is 9.69 Å². The van der Waals surface area contributed by atoms with Crippen LogP contribution in [0.4, 0.5) is 19.0 Å². The molecule has 32 heavy (non-hydrogen) atoms. The largest absolute Gasteiger partial charge is 0.461 e. The number of anilines is 1. The number of H-pyrrole nitrogens is 1. The smallest absolute Gasteiger partial charge is 0.417 e. The molecule has 1 N–H and O–H groups in total. The summed E-state index contributed by atoms with van der Waals surface area (Å²) >= 11 is 0. The fourth-order valence-electron chi connectivity index (χ4n) is 3.96. The van der Waals surface area contributed by atoms with Gasteiger partial charge in [-0.25, -0.2) is 9.78 Å². The van der Waals surface area contributed by atoms with E-state index in [1.54, 1.807) is 20.8 Å². The van der Waals surface area contributed by atoms with Gasteiger partial charge in [-0.15, -0.1) is 0 Å². The number of carbonyl (C=O) groups is 2. The van der Waals surface area contributed by atoms with Gasteiger partial charge in [0.1, 0.15) is 11.5 Å². The van der Waals surface area contributed by atoms with Gasteiger partial charge >= 0.3 is 12.1 Å². The molecular formula is C22H27F3N4O3. The number of ether oxygens (including phenoxy) is 1. The van der Waals surface area contributed by atoms with Crippen LogP contribution < -0.4 is 4.90 Å². The first-order chi connectivity index (χ1) is 15.1. The van der Waals surface area contributed by atoms with Crippen LogP contribution in [0.5, 0.6) is 0 Å². The monoisotopic (exact) mass is 452 g/mol. The van der Waals surface area contributed by atoms with E-state index in [2.05, 4.69) is 9.97 Å². The molecule has 0 bridgehead atoms. The number of rotatable bonds is 6. The minimum Gasteiger partial charge on any atom is -0.461 e. The topological polar surface area (TPSA) is 78.5 Å². The summed E-state index contributed by atoms with van der Waals surface area (Å²) in [6.45, 7) is 8.07. The molecule has 0 unspecified atom stereocenters. The van der Waals surface area contributed by atoms with Gasteiger partial charge < -0.3 is 14.6 Å². The molecule has 0 aromatic carbocycles. The standard InChI is InChI=1S/C22H27F3N4O3/c1-4-32-21(31)20-14(2)19(15(3)27-20)17(30)13-28-8-5-9-29(11-10-28)18-7-6-16(12-26-18)22(23,24)25/h6-7,12,27H,4-5,8-11,13H2,1-3H3. The maximum absolute atomic E-state index is 13.0. The van der Waals surface area contributed by atoms with Crippen molar-refractivity contribution in [3.8, 4) is 0 Å². The summed E-state index contributed by atoms with van der Waals surface area (Å²) in [7, 11) is 0. The first-order valence-corrected chi connectivity index (χ1v) is 10.5. The number of aromatic nitrogens is 2. The van der Waals surface area contributed by atoms with E-state index in [4.69, 9.17) is 4.74 Å². The Kier molecular flexibility index (Phi) is 7.22. The average molecular weight is 452 g/mol. The van der Waals surface area contributed by atoms with Gasteiger partial charge in [0.2, 0.25) is 0 Å². The van der Waals surface area contributed by atoms with Crippen LogP contribution in [-0.2, 0) is 10.9 Å². The van der Waals surface area contributed by atoms with Gasteiger partial charge in [-0.2, -0.15) is 13.2 Å². The zero-order valence-electron chi connectivity index (χ0n) is 18.4.